The van der Waals surface area contributed by atoms with Crippen molar-refractivity contribution in [3.8, 4) is 0 Å². The SMILES string of the molecule is CCC(=O)N(OC(=O)CCCCC1SC[C@@]2(C)NC(=O)N[C@@]12C)C(C)=O. The predicted octanol–water partition coefficient (Wildman–Crippen LogP) is 1.74. The van der Waals surface area contributed by atoms with Crippen LogP contribution in [0, 0.1) is 0 Å². The number of urea groups is 1. The number of hydrogen-bond donors (Lipinski definition) is 2. The standard InChI is InChI=1S/C17H27N3O5S/c1-5-13(22)20(11(2)21)25-14(23)9-7-6-8-12-17(4)16(3,10-26-12)18-15(24)19-17/h12H,5-10H2,1-4H3,(H2,18,19,24)/t12?,16-,17+/m1/s1. The van der Waals surface area contributed by atoms with Crippen molar-refractivity contribution in [3.05, 3.63) is 0 Å². The molecule has 2 fully saturated rings. The Balaban J connectivity index is 1.77. The van der Waals surface area contributed by atoms with Crippen LogP contribution in [-0.4, -0.2) is 51.0 Å². The van der Waals surface area contributed by atoms with Gasteiger partial charge in [-0.3, -0.25) is 9.59 Å². The Kier molecular flexibility index (Phi) is 6.21. The predicted molar refractivity (Wildman–Crippen MR) is 97.1 cm³/mol. The smallest absolute Gasteiger partial charge is 0.330 e. The fraction of sp³-hybridized carbons (Fsp3) is 0.765. The van der Waals surface area contributed by atoms with Gasteiger partial charge in [0, 0.05) is 30.8 Å². The first-order valence-corrected chi connectivity index (χ1v) is 9.94. The van der Waals surface area contributed by atoms with E-state index in [1.807, 2.05) is 11.8 Å². The van der Waals surface area contributed by atoms with Gasteiger partial charge in [0.1, 0.15) is 0 Å². The third kappa shape index (κ3) is 3.97. The molecule has 146 valence electrons. The molecule has 2 rings (SSSR count). The fourth-order valence-corrected chi connectivity index (χ4v) is 5.29. The van der Waals surface area contributed by atoms with E-state index in [1.165, 1.54) is 6.92 Å². The summed E-state index contributed by atoms with van der Waals surface area (Å²) in [5, 5.41) is 6.84. The average molecular weight is 385 g/mol. The number of carbonyl (C=O) groups is 4. The van der Waals surface area contributed by atoms with Crippen molar-refractivity contribution in [1.82, 2.24) is 15.7 Å². The molecular formula is C17H27N3O5S. The minimum Gasteiger partial charge on any atom is -0.330 e. The normalized spacial score (nSPS) is 29.5. The second-order valence-corrected chi connectivity index (χ2v) is 8.37. The summed E-state index contributed by atoms with van der Waals surface area (Å²) < 4.78 is 0. The lowest BCUT2D eigenvalue weighted by Crippen LogP contribution is -2.58. The number of amides is 4. The van der Waals surface area contributed by atoms with Gasteiger partial charge in [0.05, 0.1) is 11.1 Å². The van der Waals surface area contributed by atoms with Crippen LogP contribution in [0.1, 0.15) is 59.8 Å². The van der Waals surface area contributed by atoms with Crippen LogP contribution in [0.3, 0.4) is 0 Å². The van der Waals surface area contributed by atoms with E-state index < -0.39 is 17.8 Å². The second kappa shape index (κ2) is 7.85. The lowest BCUT2D eigenvalue weighted by Gasteiger charge is -2.35. The van der Waals surface area contributed by atoms with Gasteiger partial charge in [0.15, 0.2) is 0 Å². The first-order chi connectivity index (χ1) is 12.1. The summed E-state index contributed by atoms with van der Waals surface area (Å²) in [6.45, 7) is 6.89. The molecule has 1 unspecified atom stereocenters. The average Bonchev–Trinajstić information content (AvgIpc) is 2.93. The topological polar surface area (TPSA) is 105 Å². The molecule has 2 saturated heterocycles. The second-order valence-electron chi connectivity index (χ2n) is 7.18. The fourth-order valence-electron chi connectivity index (χ4n) is 3.39. The third-order valence-corrected chi connectivity index (χ3v) is 7.08. The summed E-state index contributed by atoms with van der Waals surface area (Å²) in [6.07, 6.45) is 2.46. The van der Waals surface area contributed by atoms with E-state index in [4.69, 9.17) is 4.84 Å². The zero-order valence-electron chi connectivity index (χ0n) is 15.7. The van der Waals surface area contributed by atoms with E-state index >= 15 is 0 Å². The van der Waals surface area contributed by atoms with Crippen molar-refractivity contribution in [2.45, 2.75) is 76.1 Å². The summed E-state index contributed by atoms with van der Waals surface area (Å²) in [4.78, 5) is 51.4. The van der Waals surface area contributed by atoms with Gasteiger partial charge in [0.2, 0.25) is 0 Å². The third-order valence-electron chi connectivity index (χ3n) is 5.23. The lowest BCUT2D eigenvalue weighted by atomic mass is 9.79. The number of rotatable bonds is 6. The molecule has 0 aliphatic carbocycles. The minimum atomic E-state index is -0.607. The van der Waals surface area contributed by atoms with Crippen LogP contribution >= 0.6 is 11.8 Å². The molecule has 0 saturated carbocycles. The van der Waals surface area contributed by atoms with Crippen molar-refractivity contribution in [1.29, 1.82) is 0 Å². The maximum atomic E-state index is 11.9. The zero-order chi connectivity index (χ0) is 19.5. The van der Waals surface area contributed by atoms with Gasteiger partial charge >= 0.3 is 12.0 Å². The lowest BCUT2D eigenvalue weighted by molar-refractivity contribution is -0.201. The molecule has 26 heavy (non-hydrogen) atoms. The van der Waals surface area contributed by atoms with Gasteiger partial charge in [-0.1, -0.05) is 13.3 Å². The van der Waals surface area contributed by atoms with E-state index in [1.54, 1.807) is 6.92 Å². The van der Waals surface area contributed by atoms with Crippen molar-refractivity contribution in [2.75, 3.05) is 5.75 Å². The zero-order valence-corrected chi connectivity index (χ0v) is 16.5. The van der Waals surface area contributed by atoms with Crippen molar-refractivity contribution in [2.24, 2.45) is 0 Å². The molecule has 0 aromatic rings. The molecule has 2 heterocycles. The van der Waals surface area contributed by atoms with Crippen molar-refractivity contribution in [3.63, 3.8) is 0 Å². The number of carbonyl (C=O) groups excluding carboxylic acids is 4. The van der Waals surface area contributed by atoms with Crippen LogP contribution in [0.25, 0.3) is 0 Å². The molecular weight excluding hydrogens is 358 g/mol. The van der Waals surface area contributed by atoms with E-state index in [-0.39, 0.29) is 35.2 Å². The maximum Gasteiger partial charge on any atom is 0.333 e. The highest BCUT2D eigenvalue weighted by atomic mass is 32.2. The van der Waals surface area contributed by atoms with Gasteiger partial charge in [-0.2, -0.15) is 11.8 Å². The molecule has 0 aromatic carbocycles. The first-order valence-electron chi connectivity index (χ1n) is 8.89. The molecule has 8 nitrogen and oxygen atoms in total. The Hall–Kier alpha value is -1.77. The van der Waals surface area contributed by atoms with E-state index in [0.29, 0.717) is 11.5 Å². The van der Waals surface area contributed by atoms with Crippen LogP contribution in [0.4, 0.5) is 4.79 Å². The molecule has 0 spiro atoms. The quantitative estimate of drug-likeness (QED) is 0.410. The number of fused-ring (bicyclic) bond motifs is 1. The molecule has 0 radical (unpaired) electrons. The van der Waals surface area contributed by atoms with E-state index in [0.717, 1.165) is 18.6 Å². The number of nitrogens with zero attached hydrogens (tertiary/aromatic N) is 1. The number of hydrogen-bond acceptors (Lipinski definition) is 6. The molecule has 9 heteroatoms. The number of thioether (sulfide) groups is 1. The largest absolute Gasteiger partial charge is 0.333 e. The highest BCUT2D eigenvalue weighted by molar-refractivity contribution is 8.00. The molecule has 0 aromatic heterocycles. The van der Waals surface area contributed by atoms with E-state index in [9.17, 15) is 19.2 Å². The molecule has 2 aliphatic rings. The molecule has 2 N–H and O–H groups in total. The van der Waals surface area contributed by atoms with Gasteiger partial charge in [0.25, 0.3) is 11.8 Å². The Morgan fingerprint density at radius 1 is 1.27 bits per heavy atom. The van der Waals surface area contributed by atoms with Crippen molar-refractivity contribution >= 4 is 35.6 Å². The first kappa shape index (κ1) is 20.5. The number of nitrogens with one attached hydrogen (secondary N) is 2. The summed E-state index contributed by atoms with van der Waals surface area (Å²) >= 11 is 1.82. The number of unbranched alkanes of at least 4 members (excludes halogenated alkanes) is 1. The Bertz CT molecular complexity index is 613. The van der Waals surface area contributed by atoms with Crippen LogP contribution in [0.2, 0.25) is 0 Å². The Labute approximate surface area is 157 Å². The van der Waals surface area contributed by atoms with Crippen LogP contribution < -0.4 is 10.6 Å². The van der Waals surface area contributed by atoms with Crippen molar-refractivity contribution < 1.29 is 24.0 Å². The van der Waals surface area contributed by atoms with Crippen LogP contribution in [-0.2, 0) is 19.2 Å². The molecule has 4 amide bonds. The molecule has 2 aliphatic heterocycles. The van der Waals surface area contributed by atoms with Crippen LogP contribution in [0.15, 0.2) is 0 Å². The van der Waals surface area contributed by atoms with Gasteiger partial charge in [-0.05, 0) is 26.7 Å². The highest BCUT2D eigenvalue weighted by Crippen LogP contribution is 2.47. The van der Waals surface area contributed by atoms with Crippen LogP contribution in [0.5, 0.6) is 0 Å². The monoisotopic (exact) mass is 385 g/mol. The minimum absolute atomic E-state index is 0.0862. The molecule has 0 bridgehead atoms. The van der Waals surface area contributed by atoms with E-state index in [2.05, 4.69) is 24.5 Å². The number of hydroxylamine groups is 2. The summed E-state index contributed by atoms with van der Waals surface area (Å²) in [6, 6.07) is -0.131. The Morgan fingerprint density at radius 3 is 2.58 bits per heavy atom. The summed E-state index contributed by atoms with van der Waals surface area (Å²) in [7, 11) is 0. The maximum absolute atomic E-state index is 11.9. The Morgan fingerprint density at radius 2 is 1.96 bits per heavy atom. The molecule has 3 atom stereocenters. The highest BCUT2D eigenvalue weighted by Gasteiger charge is 2.60. The van der Waals surface area contributed by atoms with Gasteiger partial charge in [-0.25, -0.2) is 9.59 Å². The summed E-state index contributed by atoms with van der Waals surface area (Å²) in [5.74, 6) is -0.885. The van der Waals surface area contributed by atoms with Gasteiger partial charge < -0.3 is 15.5 Å². The number of imide groups is 1. The summed E-state index contributed by atoms with van der Waals surface area (Å²) in [5.41, 5.74) is -0.574. The van der Waals surface area contributed by atoms with Gasteiger partial charge in [-0.15, -0.1) is 5.06 Å².